The van der Waals surface area contributed by atoms with Crippen LogP contribution in [0.5, 0.6) is 0 Å². The average molecular weight is 309 g/mol. The first-order valence-corrected chi connectivity index (χ1v) is 6.43. The van der Waals surface area contributed by atoms with Gasteiger partial charge in [-0.15, -0.1) is 0 Å². The highest BCUT2D eigenvalue weighted by Gasteiger charge is 2.36. The van der Waals surface area contributed by atoms with E-state index in [2.05, 4.69) is 5.32 Å². The normalized spacial score (nSPS) is 14.8. The van der Waals surface area contributed by atoms with Gasteiger partial charge in [-0.3, -0.25) is 4.79 Å². The minimum atomic E-state index is -4.61. The van der Waals surface area contributed by atoms with E-state index in [0.717, 1.165) is 6.07 Å². The monoisotopic (exact) mass is 308 g/mol. The lowest BCUT2D eigenvalue weighted by Crippen LogP contribution is -2.48. The number of alkyl halides is 3. The number of para-hydroxylation sites is 1. The number of nitrogens with two attached hydrogens (primary N) is 1. The summed E-state index contributed by atoms with van der Waals surface area (Å²) in [5.41, 5.74) is 3.08. The van der Waals surface area contributed by atoms with Crippen LogP contribution < -0.4 is 11.1 Å². The molecule has 3 nitrogen and oxygen atoms in total. The van der Waals surface area contributed by atoms with Crippen molar-refractivity contribution in [2.24, 2.45) is 5.73 Å². The third-order valence-electron chi connectivity index (χ3n) is 2.85. The van der Waals surface area contributed by atoms with Gasteiger partial charge in [-0.2, -0.15) is 13.2 Å². The highest BCUT2D eigenvalue weighted by atomic mass is 35.5. The van der Waals surface area contributed by atoms with Crippen LogP contribution in [-0.2, 0) is 11.0 Å². The van der Waals surface area contributed by atoms with Crippen LogP contribution in [0.3, 0.4) is 0 Å². The molecule has 1 rings (SSSR count). The lowest BCUT2D eigenvalue weighted by Gasteiger charge is -2.24. The Morgan fingerprint density at radius 3 is 2.50 bits per heavy atom. The molecule has 0 heterocycles. The number of benzene rings is 1. The molecule has 1 unspecified atom stereocenters. The van der Waals surface area contributed by atoms with Crippen molar-refractivity contribution in [3.8, 4) is 0 Å². The van der Waals surface area contributed by atoms with Crippen molar-refractivity contribution in [3.05, 3.63) is 28.8 Å². The summed E-state index contributed by atoms with van der Waals surface area (Å²) in [6, 6.07) is 3.31. The van der Waals surface area contributed by atoms with E-state index in [9.17, 15) is 18.0 Å². The number of amides is 1. The van der Waals surface area contributed by atoms with E-state index in [0.29, 0.717) is 12.8 Å². The average Bonchev–Trinajstić information content (AvgIpc) is 2.30. The summed E-state index contributed by atoms with van der Waals surface area (Å²) in [6.45, 7) is 3.30. The minimum Gasteiger partial charge on any atom is -0.323 e. The summed E-state index contributed by atoms with van der Waals surface area (Å²) in [6.07, 6.45) is -3.62. The van der Waals surface area contributed by atoms with Crippen LogP contribution >= 0.6 is 11.6 Å². The maximum Gasteiger partial charge on any atom is 0.418 e. The minimum absolute atomic E-state index is 0.180. The first kappa shape index (κ1) is 16.8. The van der Waals surface area contributed by atoms with Crippen LogP contribution in [0.15, 0.2) is 18.2 Å². The molecule has 0 fully saturated rings. The number of rotatable bonds is 4. The van der Waals surface area contributed by atoms with Crippen LogP contribution in [0.4, 0.5) is 18.9 Å². The Hall–Kier alpha value is -1.27. The molecule has 0 bridgehead atoms. The number of hydrogen-bond acceptors (Lipinski definition) is 2. The molecule has 0 aliphatic carbocycles. The van der Waals surface area contributed by atoms with E-state index in [1.165, 1.54) is 19.1 Å². The Balaban J connectivity index is 3.13. The van der Waals surface area contributed by atoms with Gasteiger partial charge in [-0.25, -0.2) is 0 Å². The molecule has 0 saturated carbocycles. The zero-order valence-electron chi connectivity index (χ0n) is 11.1. The third-order valence-corrected chi connectivity index (χ3v) is 3.16. The highest BCUT2D eigenvalue weighted by Crippen LogP contribution is 2.38. The fraction of sp³-hybridized carbons (Fsp3) is 0.462. The summed E-state index contributed by atoms with van der Waals surface area (Å²) < 4.78 is 38.6. The topological polar surface area (TPSA) is 55.1 Å². The van der Waals surface area contributed by atoms with Crippen LogP contribution in [0, 0.1) is 0 Å². The van der Waals surface area contributed by atoms with Gasteiger partial charge in [0.15, 0.2) is 0 Å². The Morgan fingerprint density at radius 2 is 2.00 bits per heavy atom. The predicted molar refractivity (Wildman–Crippen MR) is 72.6 cm³/mol. The van der Waals surface area contributed by atoms with E-state index in [-0.39, 0.29) is 5.02 Å². The van der Waals surface area contributed by atoms with Crippen molar-refractivity contribution < 1.29 is 18.0 Å². The number of nitrogens with one attached hydrogen (secondary N) is 1. The number of carbonyl (C=O) groups is 1. The van der Waals surface area contributed by atoms with Gasteiger partial charge in [-0.05, 0) is 25.5 Å². The Bertz CT molecular complexity index is 501. The van der Waals surface area contributed by atoms with E-state index in [1.807, 2.05) is 6.92 Å². The molecule has 0 saturated heterocycles. The molecule has 20 heavy (non-hydrogen) atoms. The van der Waals surface area contributed by atoms with Crippen molar-refractivity contribution in [1.29, 1.82) is 0 Å². The van der Waals surface area contributed by atoms with Gasteiger partial charge < -0.3 is 11.1 Å². The number of hydrogen-bond donors (Lipinski definition) is 2. The fourth-order valence-electron chi connectivity index (χ4n) is 1.78. The van der Waals surface area contributed by atoms with E-state index < -0.39 is 28.9 Å². The SMILES string of the molecule is CCCC(C)(N)C(=O)Nc1c(Cl)cccc1C(F)(F)F. The lowest BCUT2D eigenvalue weighted by atomic mass is 9.96. The van der Waals surface area contributed by atoms with Crippen LogP contribution in [0.25, 0.3) is 0 Å². The van der Waals surface area contributed by atoms with E-state index in [1.54, 1.807) is 0 Å². The van der Waals surface area contributed by atoms with E-state index in [4.69, 9.17) is 17.3 Å². The van der Waals surface area contributed by atoms with Crippen molar-refractivity contribution >= 4 is 23.2 Å². The van der Waals surface area contributed by atoms with Crippen molar-refractivity contribution in [3.63, 3.8) is 0 Å². The van der Waals surface area contributed by atoms with Crippen molar-refractivity contribution in [1.82, 2.24) is 0 Å². The molecule has 1 amide bonds. The molecule has 0 spiro atoms. The number of anilines is 1. The summed E-state index contributed by atoms with van der Waals surface area (Å²) in [7, 11) is 0. The number of halogens is 4. The number of carbonyl (C=O) groups excluding carboxylic acids is 1. The molecule has 0 aliphatic heterocycles. The standard InChI is InChI=1S/C13H16ClF3N2O/c1-3-7-12(2,18)11(20)19-10-8(13(15,16)17)5-4-6-9(10)14/h4-6H,3,7,18H2,1-2H3,(H,19,20). The van der Waals surface area contributed by atoms with Gasteiger partial charge in [-0.1, -0.05) is 31.0 Å². The molecular formula is C13H16ClF3N2O. The first-order valence-electron chi connectivity index (χ1n) is 6.05. The lowest BCUT2D eigenvalue weighted by molar-refractivity contribution is -0.137. The van der Waals surface area contributed by atoms with Gasteiger partial charge in [0.1, 0.15) is 0 Å². The van der Waals surface area contributed by atoms with E-state index >= 15 is 0 Å². The van der Waals surface area contributed by atoms with Crippen molar-refractivity contribution in [2.45, 2.75) is 38.4 Å². The molecule has 7 heteroatoms. The van der Waals surface area contributed by atoms with Crippen LogP contribution in [0.1, 0.15) is 32.3 Å². The smallest absolute Gasteiger partial charge is 0.323 e. The summed E-state index contributed by atoms with van der Waals surface area (Å²) >= 11 is 5.75. The molecule has 0 radical (unpaired) electrons. The molecule has 0 aliphatic rings. The van der Waals surface area contributed by atoms with Crippen LogP contribution in [0.2, 0.25) is 5.02 Å². The second-order valence-electron chi connectivity index (χ2n) is 4.78. The predicted octanol–water partition coefficient (Wildman–Crippen LogP) is 3.81. The summed E-state index contributed by atoms with van der Waals surface area (Å²) in [4.78, 5) is 12.0. The second kappa shape index (κ2) is 6.01. The third kappa shape index (κ3) is 3.86. The van der Waals surface area contributed by atoms with Gasteiger partial charge in [0.25, 0.3) is 0 Å². The maximum absolute atomic E-state index is 12.9. The van der Waals surface area contributed by atoms with Gasteiger partial charge in [0, 0.05) is 0 Å². The van der Waals surface area contributed by atoms with Crippen molar-refractivity contribution in [2.75, 3.05) is 5.32 Å². The van der Waals surface area contributed by atoms with Gasteiger partial charge >= 0.3 is 6.18 Å². The molecule has 1 atom stereocenters. The first-order chi connectivity index (χ1) is 9.09. The molecule has 0 aromatic heterocycles. The Kier molecular flexibility index (Phi) is 5.05. The molecular weight excluding hydrogens is 293 g/mol. The Labute approximate surface area is 120 Å². The summed E-state index contributed by atoms with van der Waals surface area (Å²) in [5, 5.41) is 2.01. The maximum atomic E-state index is 12.9. The zero-order chi connectivity index (χ0) is 15.6. The Morgan fingerprint density at radius 1 is 1.40 bits per heavy atom. The molecule has 1 aromatic carbocycles. The van der Waals surface area contributed by atoms with Gasteiger partial charge in [0.2, 0.25) is 5.91 Å². The quantitative estimate of drug-likeness (QED) is 0.888. The van der Waals surface area contributed by atoms with Crippen LogP contribution in [-0.4, -0.2) is 11.4 Å². The highest BCUT2D eigenvalue weighted by molar-refractivity contribution is 6.34. The fourth-order valence-corrected chi connectivity index (χ4v) is 2.00. The molecule has 112 valence electrons. The van der Waals surface area contributed by atoms with Gasteiger partial charge in [0.05, 0.1) is 21.8 Å². The largest absolute Gasteiger partial charge is 0.418 e. The zero-order valence-corrected chi connectivity index (χ0v) is 11.9. The summed E-state index contributed by atoms with van der Waals surface area (Å²) in [5.74, 6) is -0.696. The second-order valence-corrected chi connectivity index (χ2v) is 5.19. The molecule has 3 N–H and O–H groups in total. The molecule has 1 aromatic rings.